The molecule has 28 heavy (non-hydrogen) atoms. The van der Waals surface area contributed by atoms with Crippen LogP contribution in [0.15, 0.2) is 29.4 Å². The molecule has 1 aliphatic rings. The van der Waals surface area contributed by atoms with Gasteiger partial charge in [0.2, 0.25) is 11.1 Å². The molecule has 0 saturated heterocycles. The number of thioether (sulfide) groups is 1. The number of aromatic nitrogens is 3. The highest BCUT2D eigenvalue weighted by molar-refractivity contribution is 8.00. The topological polar surface area (TPSA) is 119 Å². The van der Waals surface area contributed by atoms with Crippen molar-refractivity contribution in [3.63, 3.8) is 0 Å². The van der Waals surface area contributed by atoms with E-state index < -0.39 is 10.8 Å². The fourth-order valence-electron chi connectivity index (χ4n) is 3.26. The number of nitrogens with zero attached hydrogens (tertiary/aromatic N) is 4. The molecule has 1 fully saturated rings. The van der Waals surface area contributed by atoms with Crippen molar-refractivity contribution in [1.82, 2.24) is 20.2 Å². The van der Waals surface area contributed by atoms with Gasteiger partial charge >= 0.3 is 0 Å². The van der Waals surface area contributed by atoms with Crippen LogP contribution in [0.25, 0.3) is 11.4 Å². The van der Waals surface area contributed by atoms with Crippen LogP contribution < -0.4 is 15.9 Å². The first-order chi connectivity index (χ1) is 13.5. The molecule has 0 aliphatic heterocycles. The Morgan fingerprint density at radius 3 is 2.61 bits per heavy atom. The molecule has 1 heterocycles. The Morgan fingerprint density at radius 2 is 2.00 bits per heavy atom. The molecule has 3 rings (SSSR count). The largest absolute Gasteiger partial charge is 0.497 e. The van der Waals surface area contributed by atoms with E-state index >= 15 is 0 Å². The summed E-state index contributed by atoms with van der Waals surface area (Å²) in [5.74, 6) is 7.19. The van der Waals surface area contributed by atoms with Crippen LogP contribution in [0.4, 0.5) is 0 Å². The van der Waals surface area contributed by atoms with Crippen LogP contribution >= 0.6 is 11.8 Å². The molecule has 2 aromatic rings. The minimum atomic E-state index is -0.755. The number of methoxy groups -OCH3 is 1. The number of nitriles is 1. The molecule has 0 bridgehead atoms. The molecule has 1 aliphatic carbocycles. The first-order valence-corrected chi connectivity index (χ1v) is 10.1. The van der Waals surface area contributed by atoms with E-state index in [1.165, 1.54) is 16.4 Å². The number of carbonyl (C=O) groups is 1. The first kappa shape index (κ1) is 20.0. The van der Waals surface area contributed by atoms with Crippen LogP contribution in [-0.2, 0) is 4.79 Å². The lowest BCUT2D eigenvalue weighted by atomic mass is 9.83. The maximum absolute atomic E-state index is 12.6. The lowest BCUT2D eigenvalue weighted by Gasteiger charge is -2.32. The standard InChI is InChI=1S/C19H24N6O2S/c1-13(17(26)22-19(12-20)10-4-3-5-11-19)28-18-24-23-16(25(18)21)14-6-8-15(27-2)9-7-14/h6-9,13H,3-5,10-11,21H2,1-2H3,(H,22,26)/t13-/m1/s1. The number of hydrogen-bond donors (Lipinski definition) is 2. The Bertz CT molecular complexity index is 868. The van der Waals surface area contributed by atoms with Gasteiger partial charge in [0.15, 0.2) is 5.82 Å². The monoisotopic (exact) mass is 400 g/mol. The minimum Gasteiger partial charge on any atom is -0.497 e. The van der Waals surface area contributed by atoms with Crippen LogP contribution in [0, 0.1) is 11.3 Å². The summed E-state index contributed by atoms with van der Waals surface area (Å²) in [6, 6.07) is 9.63. The summed E-state index contributed by atoms with van der Waals surface area (Å²) >= 11 is 1.22. The van der Waals surface area contributed by atoms with Crippen LogP contribution in [-0.4, -0.2) is 38.7 Å². The summed E-state index contributed by atoms with van der Waals surface area (Å²) in [5, 5.41) is 20.7. The van der Waals surface area contributed by atoms with Gasteiger partial charge in [0.05, 0.1) is 18.4 Å². The van der Waals surface area contributed by atoms with Crippen LogP contribution in [0.2, 0.25) is 0 Å². The molecule has 1 saturated carbocycles. The Morgan fingerprint density at radius 1 is 1.32 bits per heavy atom. The Labute approximate surface area is 168 Å². The van der Waals surface area contributed by atoms with Crippen molar-refractivity contribution >= 4 is 17.7 Å². The van der Waals surface area contributed by atoms with Gasteiger partial charge in [0.25, 0.3) is 0 Å². The SMILES string of the molecule is COc1ccc(-c2nnc(S[C@H](C)C(=O)NC3(C#N)CCCCC3)n2N)cc1. The molecule has 9 heteroatoms. The third-order valence-electron chi connectivity index (χ3n) is 4.95. The smallest absolute Gasteiger partial charge is 0.234 e. The zero-order valence-electron chi connectivity index (χ0n) is 16.0. The minimum absolute atomic E-state index is 0.192. The van der Waals surface area contributed by atoms with E-state index in [0.29, 0.717) is 23.8 Å². The fourth-order valence-corrected chi connectivity index (χ4v) is 4.03. The molecule has 1 amide bonds. The van der Waals surface area contributed by atoms with E-state index in [2.05, 4.69) is 21.6 Å². The van der Waals surface area contributed by atoms with Crippen molar-refractivity contribution < 1.29 is 9.53 Å². The number of nitrogens with two attached hydrogens (primary N) is 1. The number of benzene rings is 1. The van der Waals surface area contributed by atoms with Crippen molar-refractivity contribution in [3.8, 4) is 23.2 Å². The van der Waals surface area contributed by atoms with E-state index in [1.807, 2.05) is 24.3 Å². The number of rotatable bonds is 6. The summed E-state index contributed by atoms with van der Waals surface area (Å²) in [4.78, 5) is 12.6. The highest BCUT2D eigenvalue weighted by Crippen LogP contribution is 2.30. The van der Waals surface area contributed by atoms with Gasteiger partial charge in [-0.05, 0) is 44.0 Å². The summed E-state index contributed by atoms with van der Waals surface area (Å²) in [5.41, 5.74) is 0.0415. The van der Waals surface area contributed by atoms with Gasteiger partial charge in [-0.2, -0.15) is 5.26 Å². The average molecular weight is 401 g/mol. The Hall–Kier alpha value is -2.73. The quantitative estimate of drug-likeness (QED) is 0.565. The number of nitrogens with one attached hydrogen (secondary N) is 1. The average Bonchev–Trinajstić information content (AvgIpc) is 3.08. The van der Waals surface area contributed by atoms with Gasteiger partial charge in [-0.15, -0.1) is 10.2 Å². The summed E-state index contributed by atoms with van der Waals surface area (Å²) in [6.07, 6.45) is 4.41. The maximum Gasteiger partial charge on any atom is 0.234 e. The molecule has 8 nitrogen and oxygen atoms in total. The van der Waals surface area contributed by atoms with E-state index in [0.717, 1.165) is 30.6 Å². The predicted octanol–water partition coefficient (Wildman–Crippen LogP) is 2.49. The van der Waals surface area contributed by atoms with Gasteiger partial charge in [-0.1, -0.05) is 31.0 Å². The van der Waals surface area contributed by atoms with Crippen molar-refractivity contribution in [2.75, 3.05) is 13.0 Å². The second-order valence-corrected chi connectivity index (χ2v) is 8.22. The lowest BCUT2D eigenvalue weighted by Crippen LogP contribution is -2.51. The van der Waals surface area contributed by atoms with Gasteiger partial charge in [-0.3, -0.25) is 4.79 Å². The Balaban J connectivity index is 1.68. The van der Waals surface area contributed by atoms with E-state index in [4.69, 9.17) is 10.6 Å². The fraction of sp³-hybridized carbons (Fsp3) is 0.474. The number of hydrogen-bond acceptors (Lipinski definition) is 7. The second kappa shape index (κ2) is 8.52. The number of carbonyl (C=O) groups excluding carboxylic acids is 1. The highest BCUT2D eigenvalue weighted by atomic mass is 32.2. The normalized spacial score (nSPS) is 16.8. The molecule has 1 aromatic carbocycles. The van der Waals surface area contributed by atoms with Crippen molar-refractivity contribution in [2.24, 2.45) is 0 Å². The molecule has 0 spiro atoms. The summed E-state index contributed by atoms with van der Waals surface area (Å²) in [7, 11) is 1.60. The van der Waals surface area contributed by atoms with Crippen molar-refractivity contribution in [3.05, 3.63) is 24.3 Å². The maximum atomic E-state index is 12.6. The zero-order valence-corrected chi connectivity index (χ0v) is 16.8. The van der Waals surface area contributed by atoms with Crippen LogP contribution in [0.3, 0.4) is 0 Å². The number of ether oxygens (including phenoxy) is 1. The van der Waals surface area contributed by atoms with Gasteiger partial charge in [-0.25, -0.2) is 4.68 Å². The molecule has 1 aromatic heterocycles. The molecule has 1 atom stereocenters. The predicted molar refractivity (Wildman–Crippen MR) is 107 cm³/mol. The van der Waals surface area contributed by atoms with Crippen molar-refractivity contribution in [1.29, 1.82) is 5.26 Å². The molecule has 0 unspecified atom stereocenters. The third-order valence-corrected chi connectivity index (χ3v) is 6.00. The van der Waals surface area contributed by atoms with Crippen LogP contribution in [0.5, 0.6) is 5.75 Å². The summed E-state index contributed by atoms with van der Waals surface area (Å²) < 4.78 is 6.53. The molecular weight excluding hydrogens is 376 g/mol. The molecule has 148 valence electrons. The lowest BCUT2D eigenvalue weighted by molar-refractivity contribution is -0.121. The Kier molecular flexibility index (Phi) is 6.09. The molecular formula is C19H24N6O2S. The number of amides is 1. The molecule has 0 radical (unpaired) electrons. The van der Waals surface area contributed by atoms with E-state index in [9.17, 15) is 10.1 Å². The third kappa shape index (κ3) is 4.22. The van der Waals surface area contributed by atoms with Gasteiger partial charge in [0, 0.05) is 5.56 Å². The highest BCUT2D eigenvalue weighted by Gasteiger charge is 2.35. The van der Waals surface area contributed by atoms with E-state index in [1.54, 1.807) is 14.0 Å². The first-order valence-electron chi connectivity index (χ1n) is 9.23. The van der Waals surface area contributed by atoms with Gasteiger partial charge < -0.3 is 15.9 Å². The van der Waals surface area contributed by atoms with Crippen LogP contribution in [0.1, 0.15) is 39.0 Å². The van der Waals surface area contributed by atoms with Crippen molar-refractivity contribution in [2.45, 2.75) is 55.0 Å². The molecule has 3 N–H and O–H groups in total. The van der Waals surface area contributed by atoms with Gasteiger partial charge in [0.1, 0.15) is 11.3 Å². The second-order valence-electron chi connectivity index (χ2n) is 6.91. The summed E-state index contributed by atoms with van der Waals surface area (Å²) in [6.45, 7) is 1.77. The number of nitrogen functional groups attached to an aromatic ring is 1. The zero-order chi connectivity index (χ0) is 20.1. The van der Waals surface area contributed by atoms with E-state index in [-0.39, 0.29) is 5.91 Å².